The molecule has 23 heavy (non-hydrogen) atoms. The van der Waals surface area contributed by atoms with E-state index >= 15 is 0 Å². The second kappa shape index (κ2) is 5.93. The van der Waals surface area contributed by atoms with Crippen LogP contribution in [0.2, 0.25) is 5.02 Å². The molecule has 0 aromatic heterocycles. The van der Waals surface area contributed by atoms with Gasteiger partial charge >= 0.3 is 0 Å². The number of nitrogens with one attached hydrogen (secondary N) is 1. The molecule has 0 fully saturated rings. The molecule has 1 unspecified atom stereocenters. The monoisotopic (exact) mass is 330 g/mol. The van der Waals surface area contributed by atoms with Crippen molar-refractivity contribution in [1.29, 1.82) is 0 Å². The Balaban J connectivity index is 2.01. The van der Waals surface area contributed by atoms with Gasteiger partial charge in [0.05, 0.1) is 5.69 Å². The molecule has 1 heterocycles. The lowest BCUT2D eigenvalue weighted by Gasteiger charge is -2.33. The van der Waals surface area contributed by atoms with Crippen LogP contribution in [-0.4, -0.2) is 17.9 Å². The van der Waals surface area contributed by atoms with Crippen LogP contribution in [-0.2, 0) is 9.59 Å². The number of anilines is 3. The molecule has 2 aromatic carbocycles. The summed E-state index contributed by atoms with van der Waals surface area (Å²) in [5.41, 5.74) is 2.01. The largest absolute Gasteiger partial charge is 0.479 e. The van der Waals surface area contributed by atoms with Crippen LogP contribution in [0, 0.1) is 0 Å². The fourth-order valence-electron chi connectivity index (χ4n) is 2.47. The summed E-state index contributed by atoms with van der Waals surface area (Å²) in [6.45, 7) is 3.14. The molecule has 0 aliphatic carbocycles. The lowest BCUT2D eigenvalue weighted by molar-refractivity contribution is -0.124. The molecule has 118 valence electrons. The summed E-state index contributed by atoms with van der Waals surface area (Å²) in [5, 5.41) is 3.24. The second-order valence-corrected chi connectivity index (χ2v) is 5.71. The van der Waals surface area contributed by atoms with Gasteiger partial charge in [-0.2, -0.15) is 0 Å². The quantitative estimate of drug-likeness (QED) is 0.912. The lowest BCUT2D eigenvalue weighted by Crippen LogP contribution is -2.41. The molecule has 2 aromatic rings. The first-order valence-corrected chi connectivity index (χ1v) is 7.51. The normalized spacial score (nSPS) is 16.6. The van der Waals surface area contributed by atoms with Crippen molar-refractivity contribution in [3.63, 3.8) is 0 Å². The van der Waals surface area contributed by atoms with Gasteiger partial charge in [0, 0.05) is 29.4 Å². The number of benzene rings is 2. The Hall–Kier alpha value is -2.53. The summed E-state index contributed by atoms with van der Waals surface area (Å²) < 4.78 is 5.62. The molecule has 5 nitrogen and oxygen atoms in total. The minimum Gasteiger partial charge on any atom is -0.479 e. The van der Waals surface area contributed by atoms with Gasteiger partial charge in [-0.15, -0.1) is 0 Å². The van der Waals surface area contributed by atoms with Crippen LogP contribution in [0.25, 0.3) is 0 Å². The van der Waals surface area contributed by atoms with E-state index in [2.05, 4.69) is 5.32 Å². The third-order valence-electron chi connectivity index (χ3n) is 3.48. The summed E-state index contributed by atoms with van der Waals surface area (Å²) in [7, 11) is 0. The Morgan fingerprint density at radius 2 is 1.91 bits per heavy atom. The first-order chi connectivity index (χ1) is 11.0. The van der Waals surface area contributed by atoms with E-state index in [9.17, 15) is 9.59 Å². The Kier molecular flexibility index (Phi) is 3.96. The molecule has 1 aliphatic rings. The van der Waals surface area contributed by atoms with Crippen LogP contribution in [0.1, 0.15) is 13.8 Å². The van der Waals surface area contributed by atoms with Crippen LogP contribution in [0.3, 0.4) is 0 Å². The summed E-state index contributed by atoms with van der Waals surface area (Å²) >= 11 is 6.00. The van der Waals surface area contributed by atoms with E-state index < -0.39 is 6.10 Å². The van der Waals surface area contributed by atoms with Crippen LogP contribution in [0.4, 0.5) is 17.1 Å². The maximum atomic E-state index is 12.5. The minimum atomic E-state index is -0.601. The Morgan fingerprint density at radius 3 is 2.57 bits per heavy atom. The molecule has 1 aliphatic heterocycles. The number of hydrogen-bond donors (Lipinski definition) is 1. The van der Waals surface area contributed by atoms with Crippen molar-refractivity contribution in [3.05, 3.63) is 47.5 Å². The van der Waals surface area contributed by atoms with E-state index in [0.29, 0.717) is 27.8 Å². The molecule has 1 N–H and O–H groups in total. The molecule has 0 spiro atoms. The van der Waals surface area contributed by atoms with Crippen molar-refractivity contribution in [3.8, 4) is 5.75 Å². The van der Waals surface area contributed by atoms with E-state index in [1.165, 1.54) is 6.92 Å². The zero-order valence-corrected chi connectivity index (χ0v) is 13.4. The number of halogens is 1. The SMILES string of the molecule is CC(=O)Nc1ccc(N2C(=O)C(C)Oc3cc(Cl)ccc32)cc1. The Morgan fingerprint density at radius 1 is 1.22 bits per heavy atom. The number of hydrogen-bond acceptors (Lipinski definition) is 3. The highest BCUT2D eigenvalue weighted by atomic mass is 35.5. The highest BCUT2D eigenvalue weighted by molar-refractivity contribution is 6.31. The zero-order chi connectivity index (χ0) is 16.6. The topological polar surface area (TPSA) is 58.6 Å². The van der Waals surface area contributed by atoms with Gasteiger partial charge in [0.2, 0.25) is 5.91 Å². The highest BCUT2D eigenvalue weighted by Gasteiger charge is 2.32. The van der Waals surface area contributed by atoms with Crippen LogP contribution in [0.15, 0.2) is 42.5 Å². The van der Waals surface area contributed by atoms with E-state index in [1.807, 2.05) is 0 Å². The maximum Gasteiger partial charge on any atom is 0.272 e. The summed E-state index contributed by atoms with van der Waals surface area (Å²) in [5.74, 6) is 0.261. The van der Waals surface area contributed by atoms with Crippen LogP contribution < -0.4 is 15.0 Å². The predicted molar refractivity (Wildman–Crippen MR) is 89.4 cm³/mol. The first kappa shape index (κ1) is 15.4. The predicted octanol–water partition coefficient (Wildman–Crippen LogP) is 3.74. The fraction of sp³-hybridized carbons (Fsp3) is 0.176. The van der Waals surface area contributed by atoms with Gasteiger partial charge in [-0.1, -0.05) is 11.6 Å². The number of fused-ring (bicyclic) bond motifs is 1. The molecule has 2 amide bonds. The first-order valence-electron chi connectivity index (χ1n) is 7.13. The summed E-state index contributed by atoms with van der Waals surface area (Å²) in [4.78, 5) is 25.2. The lowest BCUT2D eigenvalue weighted by atomic mass is 10.1. The minimum absolute atomic E-state index is 0.145. The van der Waals surface area contributed by atoms with Gasteiger partial charge in [-0.3, -0.25) is 14.5 Å². The fourth-order valence-corrected chi connectivity index (χ4v) is 2.63. The number of carbonyl (C=O) groups excluding carboxylic acids is 2. The zero-order valence-electron chi connectivity index (χ0n) is 12.7. The average molecular weight is 331 g/mol. The maximum absolute atomic E-state index is 12.5. The number of ether oxygens (including phenoxy) is 1. The molecular weight excluding hydrogens is 316 g/mol. The van der Waals surface area contributed by atoms with Gasteiger partial charge in [-0.25, -0.2) is 0 Å². The molecule has 0 saturated carbocycles. The number of rotatable bonds is 2. The summed E-state index contributed by atoms with van der Waals surface area (Å²) in [6, 6.07) is 12.2. The molecule has 0 bridgehead atoms. The number of carbonyl (C=O) groups is 2. The molecule has 6 heteroatoms. The van der Waals surface area contributed by atoms with Crippen molar-refractivity contribution >= 4 is 40.5 Å². The van der Waals surface area contributed by atoms with Crippen LogP contribution >= 0.6 is 11.6 Å². The molecule has 0 radical (unpaired) electrons. The molecular formula is C17H15ClN2O3. The molecule has 0 saturated heterocycles. The van der Waals surface area contributed by atoms with E-state index in [4.69, 9.17) is 16.3 Å². The van der Waals surface area contributed by atoms with E-state index in [0.717, 1.165) is 0 Å². The van der Waals surface area contributed by atoms with Crippen molar-refractivity contribution in [2.45, 2.75) is 20.0 Å². The van der Waals surface area contributed by atoms with E-state index in [-0.39, 0.29) is 11.8 Å². The van der Waals surface area contributed by atoms with Crippen molar-refractivity contribution < 1.29 is 14.3 Å². The van der Waals surface area contributed by atoms with Gasteiger partial charge < -0.3 is 10.1 Å². The molecule has 3 rings (SSSR count). The van der Waals surface area contributed by atoms with Crippen molar-refractivity contribution in [2.75, 3.05) is 10.2 Å². The Bertz CT molecular complexity index is 774. The van der Waals surface area contributed by atoms with E-state index in [1.54, 1.807) is 54.3 Å². The second-order valence-electron chi connectivity index (χ2n) is 5.27. The van der Waals surface area contributed by atoms with Gasteiger partial charge in [-0.05, 0) is 43.3 Å². The van der Waals surface area contributed by atoms with Crippen molar-refractivity contribution in [1.82, 2.24) is 0 Å². The third kappa shape index (κ3) is 3.00. The highest BCUT2D eigenvalue weighted by Crippen LogP contribution is 2.40. The Labute approximate surface area is 138 Å². The third-order valence-corrected chi connectivity index (χ3v) is 3.72. The smallest absolute Gasteiger partial charge is 0.272 e. The van der Waals surface area contributed by atoms with Crippen molar-refractivity contribution in [2.24, 2.45) is 0 Å². The van der Waals surface area contributed by atoms with Crippen LogP contribution in [0.5, 0.6) is 5.75 Å². The average Bonchev–Trinajstić information content (AvgIpc) is 2.49. The standard InChI is InChI=1S/C17H15ClN2O3/c1-10-17(22)20(15-8-3-12(18)9-16(15)23-10)14-6-4-13(5-7-14)19-11(2)21/h3-10H,1-2H3,(H,19,21). The number of nitrogens with zero attached hydrogens (tertiary/aromatic N) is 1. The van der Waals surface area contributed by atoms with Gasteiger partial charge in [0.25, 0.3) is 5.91 Å². The number of amides is 2. The summed E-state index contributed by atoms with van der Waals surface area (Å²) in [6.07, 6.45) is -0.601. The van der Waals surface area contributed by atoms with Gasteiger partial charge in [0.1, 0.15) is 5.75 Å². The molecule has 1 atom stereocenters. The van der Waals surface area contributed by atoms with Gasteiger partial charge in [0.15, 0.2) is 6.10 Å².